The fourth-order valence-electron chi connectivity index (χ4n) is 3.15. The van der Waals surface area contributed by atoms with Gasteiger partial charge in [0.1, 0.15) is 10.0 Å². The average molecular weight is 367 g/mol. The summed E-state index contributed by atoms with van der Waals surface area (Å²) >= 11 is 1.58. The van der Waals surface area contributed by atoms with Crippen LogP contribution < -0.4 is 0 Å². The van der Waals surface area contributed by atoms with Crippen LogP contribution in [0.1, 0.15) is 10.7 Å². The topological polar surface area (TPSA) is 62.2 Å². The minimum absolute atomic E-state index is 0.154. The van der Waals surface area contributed by atoms with Crippen LogP contribution in [0.4, 0.5) is 0 Å². The van der Waals surface area contributed by atoms with E-state index in [1.54, 1.807) is 11.3 Å². The normalized spacial score (nSPS) is 15.5. The number of carbonyl (C=O) groups excluding carboxylic acids is 1. The lowest BCUT2D eigenvalue weighted by Gasteiger charge is -2.32. The smallest absolute Gasteiger partial charge is 0.228 e. The molecule has 0 radical (unpaired) electrons. The largest absolute Gasteiger partial charge is 0.340 e. The number of pyridine rings is 1. The summed E-state index contributed by atoms with van der Waals surface area (Å²) < 4.78 is 0. The Hall–Kier alpha value is -2.38. The number of aryl methyl sites for hydroxylation is 1. The van der Waals surface area contributed by atoms with Crippen LogP contribution in [-0.4, -0.2) is 64.1 Å². The van der Waals surface area contributed by atoms with Gasteiger partial charge in [0.2, 0.25) is 5.91 Å². The molecule has 1 aliphatic heterocycles. The number of fused-ring (bicyclic) bond motifs is 1. The fraction of sp³-hybridized carbons (Fsp3) is 0.368. The molecular weight excluding hydrogens is 346 g/mol. The Kier molecular flexibility index (Phi) is 4.65. The number of carbonyl (C=O) groups is 1. The van der Waals surface area contributed by atoms with Gasteiger partial charge in [0, 0.05) is 43.3 Å². The van der Waals surface area contributed by atoms with Gasteiger partial charge in [-0.2, -0.15) is 0 Å². The van der Waals surface area contributed by atoms with Crippen molar-refractivity contribution in [3.63, 3.8) is 0 Å². The number of nitrogens with zero attached hydrogens (tertiary/aromatic N) is 5. The van der Waals surface area contributed by atoms with Crippen molar-refractivity contribution >= 4 is 28.0 Å². The van der Waals surface area contributed by atoms with Crippen molar-refractivity contribution in [3.8, 4) is 10.6 Å². The van der Waals surface area contributed by atoms with Crippen LogP contribution in [0.25, 0.3) is 21.3 Å². The average Bonchev–Trinajstić information content (AvgIpc) is 3.08. The number of likely N-dealkylation sites (N-methyl/N-ethyl adjacent to an activating group) is 1. The number of hydrogen-bond donors (Lipinski definition) is 0. The van der Waals surface area contributed by atoms with Crippen molar-refractivity contribution in [2.45, 2.75) is 13.3 Å². The molecule has 6 nitrogen and oxygen atoms in total. The SMILES string of the molecule is Cc1nnc(-c2ccc3cnc(CC(=O)N4CCN(C)CC4)cc3c2)s1. The second kappa shape index (κ2) is 7.09. The van der Waals surface area contributed by atoms with E-state index in [1.807, 2.05) is 36.2 Å². The highest BCUT2D eigenvalue weighted by Gasteiger charge is 2.19. The summed E-state index contributed by atoms with van der Waals surface area (Å²) in [6, 6.07) is 8.20. The second-order valence-electron chi connectivity index (χ2n) is 6.72. The lowest BCUT2D eigenvalue weighted by Crippen LogP contribution is -2.47. The maximum absolute atomic E-state index is 12.6. The second-order valence-corrected chi connectivity index (χ2v) is 7.91. The summed E-state index contributed by atoms with van der Waals surface area (Å²) in [5.74, 6) is 0.154. The lowest BCUT2D eigenvalue weighted by atomic mass is 10.1. The molecular formula is C19H21N5OS. The molecule has 2 aromatic heterocycles. The van der Waals surface area contributed by atoms with Gasteiger partial charge in [0.25, 0.3) is 0 Å². The predicted octanol–water partition coefficient (Wildman–Crippen LogP) is 2.38. The molecule has 1 aromatic carbocycles. The van der Waals surface area contributed by atoms with Gasteiger partial charge < -0.3 is 9.80 Å². The monoisotopic (exact) mass is 367 g/mol. The van der Waals surface area contributed by atoms with Gasteiger partial charge >= 0.3 is 0 Å². The molecule has 4 rings (SSSR count). The third-order valence-electron chi connectivity index (χ3n) is 4.74. The Labute approximate surface area is 156 Å². The van der Waals surface area contributed by atoms with Gasteiger partial charge in [-0.1, -0.05) is 23.5 Å². The van der Waals surface area contributed by atoms with Crippen molar-refractivity contribution in [1.29, 1.82) is 0 Å². The highest BCUT2D eigenvalue weighted by atomic mass is 32.1. The van der Waals surface area contributed by atoms with Crippen LogP contribution in [0.5, 0.6) is 0 Å². The van der Waals surface area contributed by atoms with E-state index in [0.717, 1.165) is 58.2 Å². The van der Waals surface area contributed by atoms with Gasteiger partial charge in [0.05, 0.1) is 12.1 Å². The van der Waals surface area contributed by atoms with Crippen molar-refractivity contribution in [2.24, 2.45) is 0 Å². The minimum Gasteiger partial charge on any atom is -0.340 e. The molecule has 1 fully saturated rings. The zero-order valence-electron chi connectivity index (χ0n) is 15.0. The summed E-state index contributed by atoms with van der Waals surface area (Å²) in [6.45, 7) is 5.41. The van der Waals surface area contributed by atoms with E-state index in [0.29, 0.717) is 6.42 Å². The first-order valence-electron chi connectivity index (χ1n) is 8.74. The maximum Gasteiger partial charge on any atom is 0.228 e. The first-order chi connectivity index (χ1) is 12.6. The highest BCUT2D eigenvalue weighted by molar-refractivity contribution is 7.14. The van der Waals surface area contributed by atoms with E-state index in [4.69, 9.17) is 0 Å². The number of rotatable bonds is 3. The molecule has 3 aromatic rings. The van der Waals surface area contributed by atoms with E-state index in [-0.39, 0.29) is 5.91 Å². The van der Waals surface area contributed by atoms with E-state index in [9.17, 15) is 4.79 Å². The van der Waals surface area contributed by atoms with E-state index >= 15 is 0 Å². The molecule has 1 saturated heterocycles. The van der Waals surface area contributed by atoms with Crippen molar-refractivity contribution in [3.05, 3.63) is 41.2 Å². The quantitative estimate of drug-likeness (QED) is 0.711. The molecule has 1 aliphatic rings. The van der Waals surface area contributed by atoms with Crippen molar-refractivity contribution < 1.29 is 4.79 Å². The minimum atomic E-state index is 0.154. The highest BCUT2D eigenvalue weighted by Crippen LogP contribution is 2.27. The molecule has 0 atom stereocenters. The zero-order chi connectivity index (χ0) is 18.1. The third-order valence-corrected chi connectivity index (χ3v) is 5.63. The van der Waals surface area contributed by atoms with E-state index in [2.05, 4.69) is 33.2 Å². The third kappa shape index (κ3) is 3.59. The lowest BCUT2D eigenvalue weighted by molar-refractivity contribution is -0.132. The Bertz CT molecular complexity index is 946. The van der Waals surface area contributed by atoms with Crippen molar-refractivity contribution in [2.75, 3.05) is 33.2 Å². The van der Waals surface area contributed by atoms with E-state index in [1.165, 1.54) is 0 Å². The summed E-state index contributed by atoms with van der Waals surface area (Å²) in [7, 11) is 2.09. The Morgan fingerprint density at radius 1 is 1.12 bits per heavy atom. The van der Waals surface area contributed by atoms with Crippen LogP contribution in [0, 0.1) is 6.92 Å². The molecule has 0 unspecified atom stereocenters. The molecule has 0 spiro atoms. The summed E-state index contributed by atoms with van der Waals surface area (Å²) in [4.78, 5) is 21.2. The first kappa shape index (κ1) is 17.1. The summed E-state index contributed by atoms with van der Waals surface area (Å²) in [5, 5.41) is 12.3. The molecule has 3 heterocycles. The van der Waals surface area contributed by atoms with Gasteiger partial charge in [-0.05, 0) is 31.5 Å². The van der Waals surface area contributed by atoms with Crippen LogP contribution in [0.2, 0.25) is 0 Å². The van der Waals surface area contributed by atoms with Crippen LogP contribution in [0.15, 0.2) is 30.5 Å². The Balaban J connectivity index is 1.55. The van der Waals surface area contributed by atoms with Gasteiger partial charge in [-0.25, -0.2) is 0 Å². The molecule has 0 aliphatic carbocycles. The number of aromatic nitrogens is 3. The number of amides is 1. The van der Waals surface area contributed by atoms with Gasteiger partial charge in [0.15, 0.2) is 0 Å². The van der Waals surface area contributed by atoms with E-state index < -0.39 is 0 Å². The van der Waals surface area contributed by atoms with Crippen molar-refractivity contribution in [1.82, 2.24) is 25.0 Å². The summed E-state index contributed by atoms with van der Waals surface area (Å²) in [5.41, 5.74) is 1.86. The van der Waals surface area contributed by atoms with Crippen LogP contribution >= 0.6 is 11.3 Å². The van der Waals surface area contributed by atoms with Crippen LogP contribution in [-0.2, 0) is 11.2 Å². The molecule has 0 saturated carbocycles. The predicted molar refractivity (Wildman–Crippen MR) is 103 cm³/mol. The molecule has 0 N–H and O–H groups in total. The molecule has 7 heteroatoms. The molecule has 0 bridgehead atoms. The molecule has 134 valence electrons. The fourth-order valence-corrected chi connectivity index (χ4v) is 3.84. The first-order valence-corrected chi connectivity index (χ1v) is 9.55. The Morgan fingerprint density at radius 2 is 1.92 bits per heavy atom. The molecule has 1 amide bonds. The number of piperazine rings is 1. The maximum atomic E-state index is 12.6. The molecule has 26 heavy (non-hydrogen) atoms. The number of hydrogen-bond acceptors (Lipinski definition) is 6. The Morgan fingerprint density at radius 3 is 2.65 bits per heavy atom. The van der Waals surface area contributed by atoms with Gasteiger partial charge in [-0.15, -0.1) is 10.2 Å². The van der Waals surface area contributed by atoms with Crippen LogP contribution in [0.3, 0.4) is 0 Å². The zero-order valence-corrected chi connectivity index (χ0v) is 15.8. The van der Waals surface area contributed by atoms with Gasteiger partial charge in [-0.3, -0.25) is 9.78 Å². The summed E-state index contributed by atoms with van der Waals surface area (Å²) in [6.07, 6.45) is 2.19. The number of benzene rings is 1. The standard InChI is InChI=1S/C19H21N5OS/c1-13-21-22-19(26-13)14-3-4-15-12-20-17(10-16(15)9-14)11-18(25)24-7-5-23(2)6-8-24/h3-4,9-10,12H,5-8,11H2,1-2H3.